The van der Waals surface area contributed by atoms with Gasteiger partial charge in [0.2, 0.25) is 0 Å². The SMILES string of the molecule is CCOC(=O)C1=CN/C(=C(/C)C(=O)OC)S[C@H]1C(=O)OCC. The molecular weight excluding hydrogens is 310 g/mol. The summed E-state index contributed by atoms with van der Waals surface area (Å²) in [6, 6.07) is 0. The van der Waals surface area contributed by atoms with Crippen molar-refractivity contribution in [3.63, 3.8) is 0 Å². The fourth-order valence-electron chi connectivity index (χ4n) is 1.65. The fourth-order valence-corrected chi connectivity index (χ4v) is 2.73. The van der Waals surface area contributed by atoms with Gasteiger partial charge >= 0.3 is 17.9 Å². The maximum Gasteiger partial charge on any atom is 0.337 e. The van der Waals surface area contributed by atoms with Gasteiger partial charge in [0.1, 0.15) is 5.25 Å². The predicted octanol–water partition coefficient (Wildman–Crippen LogP) is 1.11. The van der Waals surface area contributed by atoms with E-state index >= 15 is 0 Å². The molecule has 0 saturated carbocycles. The van der Waals surface area contributed by atoms with Crippen molar-refractivity contribution in [1.82, 2.24) is 5.32 Å². The van der Waals surface area contributed by atoms with Crippen molar-refractivity contribution < 1.29 is 28.6 Å². The Morgan fingerprint density at radius 2 is 1.86 bits per heavy atom. The highest BCUT2D eigenvalue weighted by atomic mass is 32.2. The van der Waals surface area contributed by atoms with Crippen LogP contribution in [0.3, 0.4) is 0 Å². The number of nitrogens with one attached hydrogen (secondary N) is 1. The van der Waals surface area contributed by atoms with E-state index in [-0.39, 0.29) is 18.8 Å². The molecule has 0 fully saturated rings. The molecule has 0 unspecified atom stereocenters. The van der Waals surface area contributed by atoms with Gasteiger partial charge in [-0.2, -0.15) is 0 Å². The van der Waals surface area contributed by atoms with Crippen LogP contribution >= 0.6 is 11.8 Å². The van der Waals surface area contributed by atoms with E-state index in [0.29, 0.717) is 10.6 Å². The van der Waals surface area contributed by atoms with Gasteiger partial charge in [0, 0.05) is 6.20 Å². The van der Waals surface area contributed by atoms with E-state index in [2.05, 4.69) is 10.1 Å². The summed E-state index contributed by atoms with van der Waals surface area (Å²) in [5.41, 5.74) is 0.452. The van der Waals surface area contributed by atoms with Crippen molar-refractivity contribution in [2.24, 2.45) is 0 Å². The minimum atomic E-state index is -0.894. The van der Waals surface area contributed by atoms with Gasteiger partial charge in [-0.15, -0.1) is 0 Å². The van der Waals surface area contributed by atoms with E-state index in [1.54, 1.807) is 20.8 Å². The molecule has 1 rings (SSSR count). The molecule has 0 radical (unpaired) electrons. The molecule has 1 N–H and O–H groups in total. The van der Waals surface area contributed by atoms with Crippen molar-refractivity contribution in [3.05, 3.63) is 22.4 Å². The van der Waals surface area contributed by atoms with E-state index in [1.807, 2.05) is 0 Å². The first kappa shape index (κ1) is 18.1. The lowest BCUT2D eigenvalue weighted by Crippen LogP contribution is -2.33. The maximum atomic E-state index is 12.1. The first-order chi connectivity index (χ1) is 10.5. The molecule has 1 atom stereocenters. The van der Waals surface area contributed by atoms with Crippen molar-refractivity contribution in [2.45, 2.75) is 26.0 Å². The van der Waals surface area contributed by atoms with Gasteiger partial charge in [0.05, 0.1) is 36.5 Å². The van der Waals surface area contributed by atoms with Crippen LogP contribution in [0.25, 0.3) is 0 Å². The second-order valence-electron chi connectivity index (χ2n) is 4.16. The summed E-state index contributed by atoms with van der Waals surface area (Å²) in [5, 5.41) is 2.36. The average molecular weight is 329 g/mol. The number of carbonyl (C=O) groups is 3. The second kappa shape index (κ2) is 8.47. The molecule has 122 valence electrons. The summed E-state index contributed by atoms with van der Waals surface area (Å²) in [6.07, 6.45) is 1.36. The number of hydrogen-bond acceptors (Lipinski definition) is 8. The lowest BCUT2D eigenvalue weighted by atomic mass is 10.2. The summed E-state index contributed by atoms with van der Waals surface area (Å²) < 4.78 is 14.6. The van der Waals surface area contributed by atoms with Crippen LogP contribution in [0, 0.1) is 0 Å². The molecule has 1 heterocycles. The Hall–Kier alpha value is -1.96. The Balaban J connectivity index is 3.12. The van der Waals surface area contributed by atoms with Gasteiger partial charge in [-0.25, -0.2) is 9.59 Å². The number of carbonyl (C=O) groups excluding carboxylic acids is 3. The monoisotopic (exact) mass is 329 g/mol. The molecule has 0 aromatic rings. The van der Waals surface area contributed by atoms with E-state index < -0.39 is 23.2 Å². The van der Waals surface area contributed by atoms with Gasteiger partial charge < -0.3 is 19.5 Å². The summed E-state index contributed by atoms with van der Waals surface area (Å²) in [4.78, 5) is 35.6. The largest absolute Gasteiger partial charge is 0.466 e. The minimum absolute atomic E-state index is 0.145. The zero-order chi connectivity index (χ0) is 16.7. The van der Waals surface area contributed by atoms with Gasteiger partial charge in [-0.1, -0.05) is 11.8 Å². The highest BCUT2D eigenvalue weighted by Crippen LogP contribution is 2.33. The Kier molecular flexibility index (Phi) is 6.97. The molecule has 1 aliphatic rings. The highest BCUT2D eigenvalue weighted by Gasteiger charge is 2.35. The lowest BCUT2D eigenvalue weighted by Gasteiger charge is -2.24. The first-order valence-corrected chi connectivity index (χ1v) is 7.60. The number of ether oxygens (including phenoxy) is 3. The van der Waals surface area contributed by atoms with Crippen molar-refractivity contribution >= 4 is 29.7 Å². The Morgan fingerprint density at radius 3 is 2.41 bits per heavy atom. The number of rotatable bonds is 5. The molecule has 8 heteroatoms. The van der Waals surface area contributed by atoms with Crippen LogP contribution in [0.4, 0.5) is 0 Å². The van der Waals surface area contributed by atoms with E-state index in [4.69, 9.17) is 9.47 Å². The molecule has 0 aliphatic carbocycles. The molecule has 7 nitrogen and oxygen atoms in total. The van der Waals surface area contributed by atoms with Crippen LogP contribution < -0.4 is 5.32 Å². The van der Waals surface area contributed by atoms with Crippen LogP contribution in [0.5, 0.6) is 0 Å². The summed E-state index contributed by atoms with van der Waals surface area (Å²) >= 11 is 1.02. The number of hydrogen-bond donors (Lipinski definition) is 1. The summed E-state index contributed by atoms with van der Waals surface area (Å²) in [7, 11) is 1.27. The number of esters is 3. The van der Waals surface area contributed by atoms with Crippen molar-refractivity contribution in [1.29, 1.82) is 0 Å². The Bertz CT molecular complexity index is 525. The van der Waals surface area contributed by atoms with Crippen LogP contribution in [-0.2, 0) is 28.6 Å². The maximum absolute atomic E-state index is 12.1. The van der Waals surface area contributed by atoms with E-state index in [0.717, 1.165) is 11.8 Å². The normalized spacial score (nSPS) is 19.5. The molecule has 0 aromatic carbocycles. The van der Waals surface area contributed by atoms with Crippen LogP contribution in [0.2, 0.25) is 0 Å². The molecule has 0 amide bonds. The van der Waals surface area contributed by atoms with E-state index in [1.165, 1.54) is 13.3 Å². The average Bonchev–Trinajstić information content (AvgIpc) is 2.53. The van der Waals surface area contributed by atoms with E-state index in [9.17, 15) is 14.4 Å². The van der Waals surface area contributed by atoms with Gasteiger partial charge in [-0.05, 0) is 20.8 Å². The quantitative estimate of drug-likeness (QED) is 0.456. The number of thioether (sulfide) groups is 1. The summed E-state index contributed by atoms with van der Waals surface area (Å²) in [5.74, 6) is -1.69. The third-order valence-electron chi connectivity index (χ3n) is 2.72. The Morgan fingerprint density at radius 1 is 1.23 bits per heavy atom. The van der Waals surface area contributed by atoms with Gasteiger partial charge in [0.25, 0.3) is 0 Å². The molecular formula is C14H19NO6S. The van der Waals surface area contributed by atoms with Gasteiger partial charge in [-0.3, -0.25) is 4.79 Å². The second-order valence-corrected chi connectivity index (χ2v) is 5.28. The lowest BCUT2D eigenvalue weighted by molar-refractivity contribution is -0.145. The van der Waals surface area contributed by atoms with Crippen LogP contribution in [0.1, 0.15) is 20.8 Å². The zero-order valence-electron chi connectivity index (χ0n) is 12.9. The number of methoxy groups -OCH3 is 1. The fraction of sp³-hybridized carbons (Fsp3) is 0.500. The van der Waals surface area contributed by atoms with Crippen molar-refractivity contribution in [3.8, 4) is 0 Å². The smallest absolute Gasteiger partial charge is 0.337 e. The van der Waals surface area contributed by atoms with Crippen molar-refractivity contribution in [2.75, 3.05) is 20.3 Å². The molecule has 0 bridgehead atoms. The van der Waals surface area contributed by atoms with Crippen LogP contribution in [-0.4, -0.2) is 43.5 Å². The third kappa shape index (κ3) is 4.27. The third-order valence-corrected chi connectivity index (χ3v) is 4.06. The molecule has 0 saturated heterocycles. The molecule has 0 spiro atoms. The van der Waals surface area contributed by atoms with Crippen LogP contribution in [0.15, 0.2) is 22.4 Å². The minimum Gasteiger partial charge on any atom is -0.466 e. The predicted molar refractivity (Wildman–Crippen MR) is 80.6 cm³/mol. The van der Waals surface area contributed by atoms with Gasteiger partial charge in [0.15, 0.2) is 0 Å². The standard InChI is InChI=1S/C14H19NO6S/c1-5-20-13(17)9-7-15-11(8(3)12(16)19-4)22-10(9)14(18)21-6-2/h7,10,15H,5-6H2,1-4H3/b11-8+/t10-/m1/s1. The molecule has 1 aliphatic heterocycles. The first-order valence-electron chi connectivity index (χ1n) is 6.72. The highest BCUT2D eigenvalue weighted by molar-refractivity contribution is 8.04. The Labute approximate surface area is 133 Å². The molecule has 0 aromatic heterocycles. The topological polar surface area (TPSA) is 90.9 Å². The summed E-state index contributed by atoms with van der Waals surface area (Å²) in [6.45, 7) is 5.29. The molecule has 22 heavy (non-hydrogen) atoms. The zero-order valence-corrected chi connectivity index (χ0v) is 13.7.